The van der Waals surface area contributed by atoms with Crippen LogP contribution in [-0.2, 0) is 0 Å². The van der Waals surface area contributed by atoms with E-state index in [1.807, 2.05) is 27.7 Å². The molecule has 0 bridgehead atoms. The van der Waals surface area contributed by atoms with Crippen LogP contribution >= 0.6 is 0 Å². The summed E-state index contributed by atoms with van der Waals surface area (Å²) in [5, 5.41) is 0. The molecule has 0 saturated heterocycles. The van der Waals surface area contributed by atoms with E-state index in [-0.39, 0.29) is 0 Å². The van der Waals surface area contributed by atoms with Gasteiger partial charge in [-0.3, -0.25) is 0 Å². The Morgan fingerprint density at radius 2 is 0.421 bits per heavy atom. The molecule has 2 fully saturated rings. The fourth-order valence-electron chi connectivity index (χ4n) is 1.77. The normalized spacial score (nSPS) is 16.4. The molecule has 0 N–H and O–H groups in total. The van der Waals surface area contributed by atoms with E-state index in [0.29, 0.717) is 5.41 Å². The van der Waals surface area contributed by atoms with Crippen molar-refractivity contribution >= 4 is 0 Å². The summed E-state index contributed by atoms with van der Waals surface area (Å²) in [4.78, 5) is 0. The molecule has 0 radical (unpaired) electrons. The van der Waals surface area contributed by atoms with Crippen molar-refractivity contribution < 1.29 is 0 Å². The Morgan fingerprint density at radius 3 is 0.474 bits per heavy atom. The first-order chi connectivity index (χ1) is 9.00. The minimum atomic E-state index is 0.500. The highest BCUT2D eigenvalue weighted by Crippen LogP contribution is 2.15. The summed E-state index contributed by atoms with van der Waals surface area (Å²) in [5.41, 5.74) is 0.500. The molecule has 0 heteroatoms. The van der Waals surface area contributed by atoms with Crippen molar-refractivity contribution in [2.75, 3.05) is 0 Å². The Hall–Kier alpha value is 0. The highest BCUT2D eigenvalue weighted by atomic mass is 14.0. The number of hydrogen-bond donors (Lipinski definition) is 0. The third kappa shape index (κ3) is 46.1. The van der Waals surface area contributed by atoms with Crippen molar-refractivity contribution in [2.24, 2.45) is 5.41 Å². The van der Waals surface area contributed by atoms with E-state index >= 15 is 0 Å². The summed E-state index contributed by atoms with van der Waals surface area (Å²) in [5.74, 6) is 0. The lowest BCUT2D eigenvalue weighted by Crippen LogP contribution is -1.93. The molecule has 0 atom stereocenters. The smallest absolute Gasteiger partial charge is 0.0411 e. The van der Waals surface area contributed by atoms with Crippen molar-refractivity contribution in [3.8, 4) is 0 Å². The Bertz CT molecular complexity index is 79.3. The van der Waals surface area contributed by atoms with E-state index in [0.717, 1.165) is 0 Å². The van der Waals surface area contributed by atoms with Gasteiger partial charge >= 0.3 is 0 Å². The minimum absolute atomic E-state index is 0.500. The first-order valence-electron chi connectivity index (χ1n) is 9.00. The highest BCUT2D eigenvalue weighted by molar-refractivity contribution is 4.51. The lowest BCUT2D eigenvalue weighted by Gasteiger charge is -2.05. The van der Waals surface area contributed by atoms with Crippen LogP contribution in [0.4, 0.5) is 0 Å². The summed E-state index contributed by atoms with van der Waals surface area (Å²) in [6.45, 7) is 16.8. The van der Waals surface area contributed by atoms with Gasteiger partial charge in [0.15, 0.2) is 0 Å². The van der Waals surface area contributed by atoms with Gasteiger partial charge in [-0.1, -0.05) is 120 Å². The molecule has 0 aromatic heterocycles. The molecule has 0 aliphatic heterocycles. The molecule has 2 aliphatic rings. The average Bonchev–Trinajstić information content (AvgIpc) is 3.10. The molecule has 0 aromatic rings. The van der Waals surface area contributed by atoms with Crippen molar-refractivity contribution in [1.29, 1.82) is 0 Å². The zero-order valence-corrected chi connectivity index (χ0v) is 15.6. The van der Waals surface area contributed by atoms with Crippen LogP contribution in [0, 0.1) is 5.41 Å². The summed E-state index contributed by atoms with van der Waals surface area (Å²) in [6, 6.07) is 0. The Labute approximate surface area is 125 Å². The van der Waals surface area contributed by atoms with Crippen LogP contribution in [0.5, 0.6) is 0 Å². The highest BCUT2D eigenvalue weighted by Gasteiger charge is 1.96. The quantitative estimate of drug-likeness (QED) is 0.419. The average molecular weight is 273 g/mol. The number of rotatable bonds is 0. The van der Waals surface area contributed by atoms with E-state index in [4.69, 9.17) is 0 Å². The van der Waals surface area contributed by atoms with Crippen molar-refractivity contribution in [3.05, 3.63) is 0 Å². The lowest BCUT2D eigenvalue weighted by atomic mass is 10.0. The van der Waals surface area contributed by atoms with Gasteiger partial charge in [-0.05, 0) is 5.41 Å². The molecule has 0 spiro atoms. The van der Waals surface area contributed by atoms with Gasteiger partial charge in [0.2, 0.25) is 0 Å². The maximum Gasteiger partial charge on any atom is -0.0411 e. The Morgan fingerprint density at radius 1 is 0.368 bits per heavy atom. The molecule has 0 heterocycles. The van der Waals surface area contributed by atoms with Gasteiger partial charge in [-0.2, -0.15) is 0 Å². The molecule has 0 aromatic carbocycles. The van der Waals surface area contributed by atoms with Gasteiger partial charge < -0.3 is 0 Å². The van der Waals surface area contributed by atoms with E-state index in [1.165, 1.54) is 64.2 Å². The molecule has 19 heavy (non-hydrogen) atoms. The molecule has 0 nitrogen and oxygen atoms in total. The van der Waals surface area contributed by atoms with Gasteiger partial charge in [-0.25, -0.2) is 0 Å². The standard InChI is InChI=1S/2C5H10.C5H12.2C2H6/c2*1-2-4-5-3-1;1-5(2,3)4;2*1-2/h2*1-5H2;1-4H3;2*1-2H3. The molecule has 2 aliphatic carbocycles. The predicted octanol–water partition coefficient (Wildman–Crippen LogP) is 8.01. The van der Waals surface area contributed by atoms with Gasteiger partial charge in [0.05, 0.1) is 0 Å². The first kappa shape index (κ1) is 24.0. The molecule has 2 rings (SSSR count). The maximum atomic E-state index is 2.19. The molecule has 2 saturated carbocycles. The second-order valence-corrected chi connectivity index (χ2v) is 6.54. The summed E-state index contributed by atoms with van der Waals surface area (Å²) in [7, 11) is 0. The molecular weight excluding hydrogens is 228 g/mol. The van der Waals surface area contributed by atoms with Crippen molar-refractivity contribution in [1.82, 2.24) is 0 Å². The van der Waals surface area contributed by atoms with Crippen LogP contribution in [0.2, 0.25) is 0 Å². The Balaban J connectivity index is -0.000000179. The summed E-state index contributed by atoms with van der Waals surface area (Å²) in [6.07, 6.45) is 15.0. The van der Waals surface area contributed by atoms with Crippen LogP contribution in [-0.4, -0.2) is 0 Å². The van der Waals surface area contributed by atoms with Crippen LogP contribution in [0.25, 0.3) is 0 Å². The van der Waals surface area contributed by atoms with Gasteiger partial charge in [0.25, 0.3) is 0 Å². The third-order valence-corrected chi connectivity index (χ3v) is 2.50. The minimum Gasteiger partial charge on any atom is -0.0683 e. The fourth-order valence-corrected chi connectivity index (χ4v) is 1.77. The third-order valence-electron chi connectivity index (χ3n) is 2.50. The fraction of sp³-hybridized carbons (Fsp3) is 1.00. The van der Waals surface area contributed by atoms with Crippen LogP contribution in [0.3, 0.4) is 0 Å². The second kappa shape index (κ2) is 20.3. The molecule has 120 valence electrons. The van der Waals surface area contributed by atoms with Gasteiger partial charge in [-0.15, -0.1) is 0 Å². The maximum absolute atomic E-state index is 2.19. The van der Waals surface area contributed by atoms with E-state index < -0.39 is 0 Å². The second-order valence-electron chi connectivity index (χ2n) is 6.54. The molecular formula is C19H44. The van der Waals surface area contributed by atoms with Crippen LogP contribution in [0.1, 0.15) is 120 Å². The summed E-state index contributed by atoms with van der Waals surface area (Å²) >= 11 is 0. The topological polar surface area (TPSA) is 0 Å². The first-order valence-corrected chi connectivity index (χ1v) is 9.00. The SMILES string of the molecule is C1CCCC1.C1CCCC1.CC.CC.CC(C)(C)C. The van der Waals surface area contributed by atoms with E-state index in [9.17, 15) is 0 Å². The van der Waals surface area contributed by atoms with Gasteiger partial charge in [0.1, 0.15) is 0 Å². The van der Waals surface area contributed by atoms with E-state index in [1.54, 1.807) is 0 Å². The molecule has 0 unspecified atom stereocenters. The summed E-state index contributed by atoms with van der Waals surface area (Å²) < 4.78 is 0. The van der Waals surface area contributed by atoms with Crippen LogP contribution < -0.4 is 0 Å². The van der Waals surface area contributed by atoms with Gasteiger partial charge in [0, 0.05) is 0 Å². The number of hydrogen-bond acceptors (Lipinski definition) is 0. The zero-order valence-electron chi connectivity index (χ0n) is 15.6. The Kier molecular flexibility index (Phi) is 25.7. The molecule has 0 amide bonds. The zero-order chi connectivity index (χ0) is 15.6. The lowest BCUT2D eigenvalue weighted by molar-refractivity contribution is 0.469. The van der Waals surface area contributed by atoms with Crippen LogP contribution in [0.15, 0.2) is 0 Å². The van der Waals surface area contributed by atoms with Crippen molar-refractivity contribution in [3.63, 3.8) is 0 Å². The largest absolute Gasteiger partial charge is 0.0683 e. The van der Waals surface area contributed by atoms with Crippen molar-refractivity contribution in [2.45, 2.75) is 120 Å². The van der Waals surface area contributed by atoms with E-state index in [2.05, 4.69) is 27.7 Å². The monoisotopic (exact) mass is 272 g/mol. The predicted molar refractivity (Wildman–Crippen MR) is 94.0 cm³/mol.